The summed E-state index contributed by atoms with van der Waals surface area (Å²) in [6.07, 6.45) is 1.64. The minimum Gasteiger partial charge on any atom is -0.349 e. The fraction of sp³-hybridized carbons (Fsp3) is 0.333. The van der Waals surface area contributed by atoms with E-state index in [-0.39, 0.29) is 5.91 Å². The number of H-pyrrole nitrogens is 1. The molecule has 2 N–H and O–H groups in total. The lowest BCUT2D eigenvalue weighted by molar-refractivity contribution is 0.0930. The molecule has 1 amide bonds. The number of aromatic nitrogens is 2. The van der Waals surface area contributed by atoms with E-state index in [2.05, 4.69) is 55.4 Å². The van der Waals surface area contributed by atoms with Crippen LogP contribution in [0.4, 0.5) is 0 Å². The molecule has 28 heavy (non-hydrogen) atoms. The predicted octanol–water partition coefficient (Wildman–Crippen LogP) is 2.76. The lowest BCUT2D eigenvalue weighted by Gasteiger charge is -2.34. The number of nitrogens with one attached hydrogen (secondary N) is 2. The van der Waals surface area contributed by atoms with Crippen LogP contribution in [-0.4, -0.2) is 64.9 Å². The SMILES string of the molecule is O=C(NCCN1CCN(Cc2ccccc2)CC1)c1cc2cc(Cl)ncc2[nH]1. The third-order valence-corrected chi connectivity index (χ3v) is 5.35. The Kier molecular flexibility index (Phi) is 5.90. The van der Waals surface area contributed by atoms with Gasteiger partial charge in [-0.3, -0.25) is 14.6 Å². The first-order valence-corrected chi connectivity index (χ1v) is 9.96. The normalized spacial score (nSPS) is 15.8. The summed E-state index contributed by atoms with van der Waals surface area (Å²) in [5, 5.41) is 4.30. The molecule has 1 aliphatic rings. The number of nitrogens with zero attached hydrogens (tertiary/aromatic N) is 3. The number of carbonyl (C=O) groups is 1. The second kappa shape index (κ2) is 8.73. The Bertz CT molecular complexity index is 934. The Morgan fingerprint density at radius 1 is 1.11 bits per heavy atom. The molecule has 1 saturated heterocycles. The molecule has 146 valence electrons. The molecule has 0 saturated carbocycles. The van der Waals surface area contributed by atoms with Gasteiger partial charge in [0.1, 0.15) is 10.8 Å². The first-order valence-electron chi connectivity index (χ1n) is 9.58. The Morgan fingerprint density at radius 2 is 1.86 bits per heavy atom. The van der Waals surface area contributed by atoms with Gasteiger partial charge >= 0.3 is 0 Å². The maximum Gasteiger partial charge on any atom is 0.267 e. The molecule has 0 radical (unpaired) electrons. The van der Waals surface area contributed by atoms with E-state index in [0.29, 0.717) is 17.4 Å². The van der Waals surface area contributed by atoms with Crippen molar-refractivity contribution in [2.24, 2.45) is 0 Å². The van der Waals surface area contributed by atoms with Crippen LogP contribution in [0.25, 0.3) is 10.9 Å². The van der Waals surface area contributed by atoms with Crippen LogP contribution < -0.4 is 5.32 Å². The van der Waals surface area contributed by atoms with Crippen molar-refractivity contribution in [2.75, 3.05) is 39.3 Å². The van der Waals surface area contributed by atoms with Crippen molar-refractivity contribution in [1.29, 1.82) is 0 Å². The molecule has 3 aromatic rings. The molecule has 7 heteroatoms. The van der Waals surface area contributed by atoms with Crippen molar-refractivity contribution in [3.05, 3.63) is 65.1 Å². The zero-order valence-corrected chi connectivity index (χ0v) is 16.5. The molecular weight excluding hydrogens is 374 g/mol. The van der Waals surface area contributed by atoms with Gasteiger partial charge in [-0.2, -0.15) is 0 Å². The highest BCUT2D eigenvalue weighted by Gasteiger charge is 2.17. The number of carbonyl (C=O) groups excluding carboxylic acids is 1. The van der Waals surface area contributed by atoms with Crippen LogP contribution in [0.2, 0.25) is 5.15 Å². The topological polar surface area (TPSA) is 64.3 Å². The van der Waals surface area contributed by atoms with E-state index in [1.165, 1.54) is 5.56 Å². The first kappa shape index (κ1) is 18.9. The van der Waals surface area contributed by atoms with Gasteiger partial charge in [-0.1, -0.05) is 41.9 Å². The molecule has 6 nitrogen and oxygen atoms in total. The summed E-state index contributed by atoms with van der Waals surface area (Å²) in [4.78, 5) is 24.4. The standard InChI is InChI=1S/C21H24ClN5O/c22-20-13-17-12-18(25-19(17)14-24-20)21(28)23-6-7-26-8-10-27(11-9-26)15-16-4-2-1-3-5-16/h1-5,12-14,25H,6-11,15H2,(H,23,28). The van der Waals surface area contributed by atoms with Gasteiger partial charge in [-0.05, 0) is 17.7 Å². The van der Waals surface area contributed by atoms with Gasteiger partial charge in [-0.15, -0.1) is 0 Å². The Hall–Kier alpha value is -2.41. The van der Waals surface area contributed by atoms with Gasteiger partial charge in [0.2, 0.25) is 0 Å². The van der Waals surface area contributed by atoms with Crippen molar-refractivity contribution in [2.45, 2.75) is 6.54 Å². The lowest BCUT2D eigenvalue weighted by Crippen LogP contribution is -2.48. The van der Waals surface area contributed by atoms with Gasteiger partial charge in [0.25, 0.3) is 5.91 Å². The van der Waals surface area contributed by atoms with E-state index in [9.17, 15) is 4.79 Å². The lowest BCUT2D eigenvalue weighted by atomic mass is 10.2. The van der Waals surface area contributed by atoms with Crippen molar-refractivity contribution >= 4 is 28.4 Å². The van der Waals surface area contributed by atoms with E-state index in [1.54, 1.807) is 18.3 Å². The third-order valence-electron chi connectivity index (χ3n) is 5.14. The van der Waals surface area contributed by atoms with Crippen molar-refractivity contribution in [1.82, 2.24) is 25.1 Å². The van der Waals surface area contributed by atoms with Gasteiger partial charge < -0.3 is 10.3 Å². The average molecular weight is 398 g/mol. The highest BCUT2D eigenvalue weighted by Crippen LogP contribution is 2.17. The molecule has 0 unspecified atom stereocenters. The molecule has 0 aliphatic carbocycles. The van der Waals surface area contributed by atoms with Crippen LogP contribution in [0.3, 0.4) is 0 Å². The molecule has 0 spiro atoms. The number of aromatic amines is 1. The summed E-state index contributed by atoms with van der Waals surface area (Å²) < 4.78 is 0. The second-order valence-corrected chi connectivity index (χ2v) is 7.52. The summed E-state index contributed by atoms with van der Waals surface area (Å²) in [6.45, 7) is 6.66. The summed E-state index contributed by atoms with van der Waals surface area (Å²) in [5.41, 5.74) is 2.70. The molecule has 0 atom stereocenters. The zero-order valence-electron chi connectivity index (χ0n) is 15.7. The number of hydrogen-bond acceptors (Lipinski definition) is 4. The fourth-order valence-corrected chi connectivity index (χ4v) is 3.73. The number of rotatable bonds is 6. The van der Waals surface area contributed by atoms with E-state index < -0.39 is 0 Å². The van der Waals surface area contributed by atoms with Crippen molar-refractivity contribution < 1.29 is 4.79 Å². The maximum absolute atomic E-state index is 12.4. The molecule has 2 aromatic heterocycles. The molecular formula is C21H24ClN5O. The van der Waals surface area contributed by atoms with E-state index in [1.807, 2.05) is 0 Å². The van der Waals surface area contributed by atoms with Crippen molar-refractivity contribution in [3.8, 4) is 0 Å². The van der Waals surface area contributed by atoms with Crippen LogP contribution in [0, 0.1) is 0 Å². The Labute approximate surface area is 169 Å². The summed E-state index contributed by atoms with van der Waals surface area (Å²) in [5.74, 6) is -0.102. The number of fused-ring (bicyclic) bond motifs is 1. The largest absolute Gasteiger partial charge is 0.349 e. The van der Waals surface area contributed by atoms with E-state index in [0.717, 1.165) is 50.2 Å². The highest BCUT2D eigenvalue weighted by atomic mass is 35.5. The number of benzene rings is 1. The van der Waals surface area contributed by atoms with Gasteiger partial charge in [0.15, 0.2) is 0 Å². The number of hydrogen-bond donors (Lipinski definition) is 2. The van der Waals surface area contributed by atoms with Crippen LogP contribution in [0.5, 0.6) is 0 Å². The van der Waals surface area contributed by atoms with E-state index in [4.69, 9.17) is 11.6 Å². The number of pyridine rings is 1. The van der Waals surface area contributed by atoms with Crippen molar-refractivity contribution in [3.63, 3.8) is 0 Å². The van der Waals surface area contributed by atoms with Crippen LogP contribution in [0.1, 0.15) is 16.1 Å². The smallest absolute Gasteiger partial charge is 0.267 e. The second-order valence-electron chi connectivity index (χ2n) is 7.14. The number of amides is 1. The number of piperazine rings is 1. The van der Waals surface area contributed by atoms with E-state index >= 15 is 0 Å². The van der Waals surface area contributed by atoms with Crippen LogP contribution >= 0.6 is 11.6 Å². The fourth-order valence-electron chi connectivity index (χ4n) is 3.56. The van der Waals surface area contributed by atoms with Crippen LogP contribution in [0.15, 0.2) is 48.7 Å². The minimum atomic E-state index is -0.102. The quantitative estimate of drug-likeness (QED) is 0.628. The molecule has 3 heterocycles. The van der Waals surface area contributed by atoms with Gasteiger partial charge in [-0.25, -0.2) is 4.98 Å². The summed E-state index contributed by atoms with van der Waals surface area (Å²) >= 11 is 5.90. The first-order chi connectivity index (χ1) is 13.7. The molecule has 1 aromatic carbocycles. The van der Waals surface area contributed by atoms with Crippen LogP contribution in [-0.2, 0) is 6.54 Å². The summed E-state index contributed by atoms with van der Waals surface area (Å²) in [7, 11) is 0. The average Bonchev–Trinajstić information content (AvgIpc) is 3.13. The summed E-state index contributed by atoms with van der Waals surface area (Å²) in [6, 6.07) is 14.1. The Morgan fingerprint density at radius 3 is 2.64 bits per heavy atom. The third kappa shape index (κ3) is 4.70. The van der Waals surface area contributed by atoms with Gasteiger partial charge in [0.05, 0.1) is 11.7 Å². The number of halogens is 1. The highest BCUT2D eigenvalue weighted by molar-refractivity contribution is 6.30. The van der Waals surface area contributed by atoms with Gasteiger partial charge in [0, 0.05) is 51.2 Å². The molecule has 1 aliphatic heterocycles. The maximum atomic E-state index is 12.4. The molecule has 4 rings (SSSR count). The zero-order chi connectivity index (χ0) is 19.3. The molecule has 0 bridgehead atoms. The minimum absolute atomic E-state index is 0.102. The molecule has 1 fully saturated rings. The monoisotopic (exact) mass is 397 g/mol. The predicted molar refractivity (Wildman–Crippen MR) is 112 cm³/mol. The Balaban J connectivity index is 1.20.